The second-order valence-electron chi connectivity index (χ2n) is 11.1. The van der Waals surface area contributed by atoms with E-state index < -0.39 is 11.7 Å². The van der Waals surface area contributed by atoms with Crippen LogP contribution in [0.2, 0.25) is 10.0 Å². The summed E-state index contributed by atoms with van der Waals surface area (Å²) >= 11 is 12.6. The second kappa shape index (κ2) is 13.8. The zero-order valence-corrected chi connectivity index (χ0v) is 24.5. The first-order chi connectivity index (χ1) is 19.1. The number of anilines is 1. The minimum atomic E-state index is -4.39. The Bertz CT molecular complexity index is 1150. The van der Waals surface area contributed by atoms with E-state index in [0.29, 0.717) is 67.6 Å². The molecule has 2 aliphatic heterocycles. The van der Waals surface area contributed by atoms with E-state index >= 15 is 0 Å². The van der Waals surface area contributed by atoms with Crippen LogP contribution in [0.15, 0.2) is 36.4 Å². The Labute approximate surface area is 245 Å². The number of nitrogens with zero attached hydrogens (tertiary/aromatic N) is 3. The molecule has 2 aromatic carbocycles. The molecule has 2 heterocycles. The van der Waals surface area contributed by atoms with Gasteiger partial charge < -0.3 is 15.5 Å². The van der Waals surface area contributed by atoms with E-state index in [1.54, 1.807) is 18.2 Å². The normalized spacial score (nSPS) is 18.6. The largest absolute Gasteiger partial charge is 0.416 e. The summed E-state index contributed by atoms with van der Waals surface area (Å²) in [6, 6.07) is 9.11. The minimum absolute atomic E-state index is 0.0805. The first kappa shape index (κ1) is 30.9. The highest BCUT2D eigenvalue weighted by atomic mass is 35.5. The Morgan fingerprint density at radius 3 is 2.27 bits per heavy atom. The summed E-state index contributed by atoms with van der Waals surface area (Å²) in [6.07, 6.45) is 0.642. The van der Waals surface area contributed by atoms with Gasteiger partial charge in [-0.1, -0.05) is 42.6 Å². The Balaban J connectivity index is 1.49. The van der Waals surface area contributed by atoms with Crippen LogP contribution in [0.5, 0.6) is 0 Å². The number of likely N-dealkylation sites (tertiary alicyclic amines) is 1. The van der Waals surface area contributed by atoms with Gasteiger partial charge in [-0.15, -0.1) is 0 Å². The van der Waals surface area contributed by atoms with Crippen LogP contribution in [0.3, 0.4) is 0 Å². The quantitative estimate of drug-likeness (QED) is 0.369. The molecule has 220 valence electrons. The Morgan fingerprint density at radius 2 is 1.65 bits per heavy atom. The van der Waals surface area contributed by atoms with Gasteiger partial charge in [0.05, 0.1) is 11.6 Å². The fraction of sp³-hybridized carbons (Fsp3) is 0.567. The topological polar surface area (TPSA) is 52.8 Å². The predicted molar refractivity (Wildman–Crippen MR) is 156 cm³/mol. The van der Waals surface area contributed by atoms with Gasteiger partial charge in [-0.2, -0.15) is 13.2 Å². The van der Waals surface area contributed by atoms with Crippen molar-refractivity contribution in [3.05, 3.63) is 63.1 Å². The first-order valence-electron chi connectivity index (χ1n) is 14.2. The van der Waals surface area contributed by atoms with Gasteiger partial charge in [-0.25, -0.2) is 0 Å². The molecule has 40 heavy (non-hydrogen) atoms. The van der Waals surface area contributed by atoms with Crippen LogP contribution in [0.25, 0.3) is 0 Å². The van der Waals surface area contributed by atoms with Crippen molar-refractivity contribution in [1.82, 2.24) is 9.80 Å². The molecule has 0 radical (unpaired) electrons. The van der Waals surface area contributed by atoms with Gasteiger partial charge in [0, 0.05) is 41.9 Å². The number of piperidine rings is 1. The lowest BCUT2D eigenvalue weighted by atomic mass is 9.97. The number of aryl methyl sites for hydroxylation is 1. The lowest BCUT2D eigenvalue weighted by Crippen LogP contribution is -2.56. The summed E-state index contributed by atoms with van der Waals surface area (Å²) in [5.41, 5.74) is 7.51. The summed E-state index contributed by atoms with van der Waals surface area (Å²) < 4.78 is 40.4. The SMILES string of the molecule is CC(CN)CCc1cc(C(F)(F)F)ccc1N1CCN(C(=O)C(Cc2ccc(Cl)cc2Cl)N2CCCCC2)CC1. The molecule has 2 saturated heterocycles. The third-order valence-corrected chi connectivity index (χ3v) is 8.78. The number of carbonyl (C=O) groups is 1. The highest BCUT2D eigenvalue weighted by Gasteiger charge is 2.34. The molecule has 0 aliphatic carbocycles. The van der Waals surface area contributed by atoms with Gasteiger partial charge in [0.2, 0.25) is 5.91 Å². The van der Waals surface area contributed by atoms with E-state index in [-0.39, 0.29) is 17.9 Å². The van der Waals surface area contributed by atoms with Gasteiger partial charge in [0.1, 0.15) is 0 Å². The van der Waals surface area contributed by atoms with Gasteiger partial charge in [0.15, 0.2) is 0 Å². The number of hydrogen-bond donors (Lipinski definition) is 1. The third-order valence-electron chi connectivity index (χ3n) is 8.19. The fourth-order valence-electron chi connectivity index (χ4n) is 5.67. The minimum Gasteiger partial charge on any atom is -0.368 e. The molecule has 10 heteroatoms. The number of alkyl halides is 3. The molecular formula is C30H39Cl2F3N4O. The zero-order valence-electron chi connectivity index (χ0n) is 23.0. The number of benzene rings is 2. The number of piperazine rings is 1. The molecule has 2 unspecified atom stereocenters. The Hall–Kier alpha value is -2.00. The maximum atomic E-state index is 13.9. The summed E-state index contributed by atoms with van der Waals surface area (Å²) in [7, 11) is 0. The highest BCUT2D eigenvalue weighted by molar-refractivity contribution is 6.35. The lowest BCUT2D eigenvalue weighted by Gasteiger charge is -2.41. The lowest BCUT2D eigenvalue weighted by molar-refractivity contribution is -0.138. The van der Waals surface area contributed by atoms with E-state index in [1.807, 2.05) is 17.9 Å². The smallest absolute Gasteiger partial charge is 0.368 e. The van der Waals surface area contributed by atoms with E-state index in [2.05, 4.69) is 9.80 Å². The van der Waals surface area contributed by atoms with Crippen LogP contribution < -0.4 is 10.6 Å². The van der Waals surface area contributed by atoms with Gasteiger partial charge in [-0.3, -0.25) is 9.69 Å². The molecule has 0 aromatic heterocycles. The molecule has 1 amide bonds. The first-order valence-corrected chi connectivity index (χ1v) is 14.9. The van der Waals surface area contributed by atoms with E-state index in [1.165, 1.54) is 6.07 Å². The van der Waals surface area contributed by atoms with Crippen LogP contribution in [-0.2, 0) is 23.8 Å². The molecule has 0 saturated carbocycles. The van der Waals surface area contributed by atoms with Crippen LogP contribution in [0.4, 0.5) is 18.9 Å². The maximum absolute atomic E-state index is 13.9. The number of hydrogen-bond acceptors (Lipinski definition) is 4. The van der Waals surface area contributed by atoms with E-state index in [0.717, 1.165) is 49.7 Å². The zero-order chi connectivity index (χ0) is 28.9. The predicted octanol–water partition coefficient (Wildman–Crippen LogP) is 6.29. The molecule has 2 atom stereocenters. The van der Waals surface area contributed by atoms with Crippen molar-refractivity contribution < 1.29 is 18.0 Å². The number of carbonyl (C=O) groups excluding carboxylic acids is 1. The number of amides is 1. The van der Waals surface area contributed by atoms with Gasteiger partial charge in [0.25, 0.3) is 0 Å². The van der Waals surface area contributed by atoms with Crippen molar-refractivity contribution in [2.75, 3.05) is 50.7 Å². The average molecular weight is 600 g/mol. The molecule has 4 rings (SSSR count). The standard InChI is InChI=1S/C30H39Cl2F3N4O/c1-21(20-36)5-6-23-17-24(30(33,34)35)8-10-27(23)38-13-15-39(16-14-38)29(40)28(37-11-3-2-4-12-37)18-22-7-9-25(31)19-26(22)32/h7-10,17,19,21,28H,2-6,11-16,18,20,36H2,1H3. The highest BCUT2D eigenvalue weighted by Crippen LogP contribution is 2.34. The van der Waals surface area contributed by atoms with Crippen molar-refractivity contribution in [3.8, 4) is 0 Å². The summed E-state index contributed by atoms with van der Waals surface area (Å²) in [5, 5.41) is 1.12. The second-order valence-corrected chi connectivity index (χ2v) is 11.9. The van der Waals surface area contributed by atoms with Crippen LogP contribution >= 0.6 is 23.2 Å². The van der Waals surface area contributed by atoms with Crippen molar-refractivity contribution >= 4 is 34.8 Å². The molecule has 2 N–H and O–H groups in total. The molecule has 5 nitrogen and oxygen atoms in total. The Kier molecular flexibility index (Phi) is 10.7. The number of nitrogens with two attached hydrogens (primary N) is 1. The maximum Gasteiger partial charge on any atom is 0.416 e. The monoisotopic (exact) mass is 598 g/mol. The van der Waals surface area contributed by atoms with E-state index in [4.69, 9.17) is 28.9 Å². The fourth-order valence-corrected chi connectivity index (χ4v) is 6.15. The van der Waals surface area contributed by atoms with Gasteiger partial charge >= 0.3 is 6.18 Å². The summed E-state index contributed by atoms with van der Waals surface area (Å²) in [6.45, 7) is 6.39. The van der Waals surface area contributed by atoms with E-state index in [9.17, 15) is 18.0 Å². The molecule has 2 aliphatic rings. The van der Waals surface area contributed by atoms with Crippen LogP contribution in [-0.4, -0.2) is 67.6 Å². The Morgan fingerprint density at radius 1 is 0.950 bits per heavy atom. The van der Waals surface area contributed by atoms with Crippen molar-refractivity contribution in [3.63, 3.8) is 0 Å². The van der Waals surface area contributed by atoms with Gasteiger partial charge in [-0.05, 0) is 99.1 Å². The summed E-state index contributed by atoms with van der Waals surface area (Å²) in [4.78, 5) is 20.2. The number of halogens is 5. The number of rotatable bonds is 9. The molecular weight excluding hydrogens is 560 g/mol. The van der Waals surface area contributed by atoms with Crippen molar-refractivity contribution in [2.24, 2.45) is 11.7 Å². The van der Waals surface area contributed by atoms with Crippen LogP contribution in [0.1, 0.15) is 49.3 Å². The molecule has 0 bridgehead atoms. The van der Waals surface area contributed by atoms with Crippen molar-refractivity contribution in [2.45, 2.75) is 57.7 Å². The molecule has 2 aromatic rings. The van der Waals surface area contributed by atoms with Crippen LogP contribution in [0, 0.1) is 5.92 Å². The third kappa shape index (κ3) is 7.84. The molecule has 2 fully saturated rings. The summed E-state index contributed by atoms with van der Waals surface area (Å²) in [5.74, 6) is 0.301. The van der Waals surface area contributed by atoms with Crippen molar-refractivity contribution in [1.29, 1.82) is 0 Å². The molecule has 0 spiro atoms. The average Bonchev–Trinajstić information content (AvgIpc) is 2.95.